The van der Waals surface area contributed by atoms with E-state index in [1.165, 1.54) is 0 Å². The van der Waals surface area contributed by atoms with Crippen molar-refractivity contribution in [1.82, 2.24) is 19.9 Å². The molecule has 7 heteroatoms. The second-order valence-electron chi connectivity index (χ2n) is 7.91. The standard InChI is InChI=1S/C26H23N5OS/c1-16(18-4-3-5-19(10-18)21-6-8-22(14-32)27-13-21)29-26-12-24(30-17(2)31-26)20-7-9-23-25(11-20)33-15-28-23/h3-13,15-16,32H,14H2,1-2H3,(H,29,30,31)/t16-/m0/s1. The fourth-order valence-electron chi connectivity index (χ4n) is 3.79. The molecular weight excluding hydrogens is 430 g/mol. The topological polar surface area (TPSA) is 83.8 Å². The largest absolute Gasteiger partial charge is 0.390 e. The molecule has 164 valence electrons. The van der Waals surface area contributed by atoms with Crippen molar-refractivity contribution in [3.05, 3.63) is 89.5 Å². The summed E-state index contributed by atoms with van der Waals surface area (Å²) >= 11 is 1.63. The minimum Gasteiger partial charge on any atom is -0.390 e. The van der Waals surface area contributed by atoms with Gasteiger partial charge in [0.2, 0.25) is 0 Å². The van der Waals surface area contributed by atoms with Crippen LogP contribution in [-0.2, 0) is 6.61 Å². The number of rotatable bonds is 6. The molecule has 2 N–H and O–H groups in total. The van der Waals surface area contributed by atoms with Crippen molar-refractivity contribution in [3.63, 3.8) is 0 Å². The van der Waals surface area contributed by atoms with Crippen LogP contribution in [0.2, 0.25) is 0 Å². The number of aliphatic hydroxyl groups is 1. The van der Waals surface area contributed by atoms with Crippen molar-refractivity contribution in [2.75, 3.05) is 5.32 Å². The second-order valence-corrected chi connectivity index (χ2v) is 8.79. The van der Waals surface area contributed by atoms with E-state index in [0.717, 1.165) is 49.8 Å². The van der Waals surface area contributed by atoms with Gasteiger partial charge in [0.25, 0.3) is 0 Å². The van der Waals surface area contributed by atoms with E-state index in [-0.39, 0.29) is 12.6 Å². The maximum absolute atomic E-state index is 9.22. The molecule has 5 aromatic rings. The maximum Gasteiger partial charge on any atom is 0.130 e. The zero-order valence-electron chi connectivity index (χ0n) is 18.4. The van der Waals surface area contributed by atoms with Crippen LogP contribution in [0.15, 0.2) is 72.4 Å². The van der Waals surface area contributed by atoms with Gasteiger partial charge in [-0.25, -0.2) is 15.0 Å². The summed E-state index contributed by atoms with van der Waals surface area (Å²) in [4.78, 5) is 17.9. The van der Waals surface area contributed by atoms with E-state index < -0.39 is 0 Å². The van der Waals surface area contributed by atoms with Gasteiger partial charge in [0.1, 0.15) is 11.6 Å². The number of nitrogens with zero attached hydrogens (tertiary/aromatic N) is 4. The van der Waals surface area contributed by atoms with Crippen molar-refractivity contribution in [1.29, 1.82) is 0 Å². The van der Waals surface area contributed by atoms with E-state index in [9.17, 15) is 5.11 Å². The predicted molar refractivity (Wildman–Crippen MR) is 133 cm³/mol. The van der Waals surface area contributed by atoms with E-state index in [1.807, 2.05) is 42.8 Å². The Labute approximate surface area is 196 Å². The summed E-state index contributed by atoms with van der Waals surface area (Å²) in [6.45, 7) is 3.97. The van der Waals surface area contributed by atoms with Crippen molar-refractivity contribution in [2.45, 2.75) is 26.5 Å². The van der Waals surface area contributed by atoms with Crippen LogP contribution in [0.3, 0.4) is 0 Å². The highest BCUT2D eigenvalue weighted by molar-refractivity contribution is 7.16. The third-order valence-electron chi connectivity index (χ3n) is 5.54. The molecule has 0 spiro atoms. The Bertz CT molecular complexity index is 1410. The number of benzene rings is 2. The third kappa shape index (κ3) is 4.60. The first kappa shape index (κ1) is 21.2. The summed E-state index contributed by atoms with van der Waals surface area (Å²) in [5.74, 6) is 1.50. The number of hydrogen-bond donors (Lipinski definition) is 2. The fourth-order valence-corrected chi connectivity index (χ4v) is 4.50. The molecule has 1 atom stereocenters. The first-order valence-corrected chi connectivity index (χ1v) is 11.6. The number of pyridine rings is 1. The molecule has 0 aliphatic rings. The van der Waals surface area contributed by atoms with E-state index >= 15 is 0 Å². The lowest BCUT2D eigenvalue weighted by Crippen LogP contribution is -2.09. The number of anilines is 1. The first-order chi connectivity index (χ1) is 16.1. The number of fused-ring (bicyclic) bond motifs is 1. The Balaban J connectivity index is 1.40. The summed E-state index contributed by atoms with van der Waals surface area (Å²) in [6.07, 6.45) is 1.79. The lowest BCUT2D eigenvalue weighted by atomic mass is 10.0. The Morgan fingerprint density at radius 3 is 2.64 bits per heavy atom. The highest BCUT2D eigenvalue weighted by Crippen LogP contribution is 2.28. The fraction of sp³-hybridized carbons (Fsp3) is 0.154. The summed E-state index contributed by atoms with van der Waals surface area (Å²) in [5, 5.41) is 12.7. The quantitative estimate of drug-likeness (QED) is 0.339. The molecule has 0 bridgehead atoms. The number of thiazole rings is 1. The molecule has 0 amide bonds. The highest BCUT2D eigenvalue weighted by Gasteiger charge is 2.11. The highest BCUT2D eigenvalue weighted by atomic mass is 32.1. The smallest absolute Gasteiger partial charge is 0.130 e. The van der Waals surface area contributed by atoms with Crippen molar-refractivity contribution in [3.8, 4) is 22.4 Å². The number of aromatic nitrogens is 4. The molecule has 33 heavy (non-hydrogen) atoms. The van der Waals surface area contributed by atoms with Crippen LogP contribution in [0.25, 0.3) is 32.6 Å². The molecule has 0 saturated carbocycles. The Morgan fingerprint density at radius 2 is 1.82 bits per heavy atom. The van der Waals surface area contributed by atoms with Gasteiger partial charge in [-0.15, -0.1) is 11.3 Å². The summed E-state index contributed by atoms with van der Waals surface area (Å²) in [7, 11) is 0. The molecule has 0 radical (unpaired) electrons. The van der Waals surface area contributed by atoms with Crippen LogP contribution in [0.4, 0.5) is 5.82 Å². The number of aliphatic hydroxyl groups excluding tert-OH is 1. The number of hydrogen-bond acceptors (Lipinski definition) is 7. The lowest BCUT2D eigenvalue weighted by Gasteiger charge is -2.17. The molecule has 5 rings (SSSR count). The predicted octanol–water partition coefficient (Wildman–Crippen LogP) is 5.79. The molecule has 0 fully saturated rings. The molecule has 0 unspecified atom stereocenters. The molecule has 3 heterocycles. The van der Waals surface area contributed by atoms with Crippen LogP contribution >= 0.6 is 11.3 Å². The van der Waals surface area contributed by atoms with Gasteiger partial charge in [-0.3, -0.25) is 4.98 Å². The van der Waals surface area contributed by atoms with Crippen LogP contribution < -0.4 is 5.32 Å². The summed E-state index contributed by atoms with van der Waals surface area (Å²) in [5.41, 5.74) is 8.69. The SMILES string of the molecule is Cc1nc(N[C@@H](C)c2cccc(-c3ccc(CO)nc3)c2)cc(-c2ccc3ncsc3c2)n1. The van der Waals surface area contributed by atoms with Gasteiger partial charge in [-0.05, 0) is 49.2 Å². The minimum absolute atomic E-state index is 0.0424. The molecular formula is C26H23N5OS. The van der Waals surface area contributed by atoms with Crippen LogP contribution in [0.5, 0.6) is 0 Å². The third-order valence-corrected chi connectivity index (χ3v) is 6.33. The van der Waals surface area contributed by atoms with E-state index in [4.69, 9.17) is 0 Å². The monoisotopic (exact) mass is 453 g/mol. The maximum atomic E-state index is 9.22. The van der Waals surface area contributed by atoms with Crippen LogP contribution in [0.1, 0.15) is 30.0 Å². The van der Waals surface area contributed by atoms with Gasteiger partial charge in [-0.2, -0.15) is 0 Å². The minimum atomic E-state index is -0.0559. The van der Waals surface area contributed by atoms with Gasteiger partial charge in [0, 0.05) is 29.4 Å². The zero-order valence-corrected chi connectivity index (χ0v) is 19.2. The normalized spacial score (nSPS) is 12.1. The van der Waals surface area contributed by atoms with E-state index in [2.05, 4.69) is 62.5 Å². The Morgan fingerprint density at radius 1 is 0.939 bits per heavy atom. The Hall–Kier alpha value is -3.68. The molecule has 3 aromatic heterocycles. The zero-order chi connectivity index (χ0) is 22.8. The van der Waals surface area contributed by atoms with E-state index in [1.54, 1.807) is 17.5 Å². The van der Waals surface area contributed by atoms with Crippen molar-refractivity contribution in [2.24, 2.45) is 0 Å². The lowest BCUT2D eigenvalue weighted by molar-refractivity contribution is 0.277. The first-order valence-electron chi connectivity index (χ1n) is 10.7. The van der Waals surface area contributed by atoms with Gasteiger partial charge in [0.15, 0.2) is 0 Å². The van der Waals surface area contributed by atoms with Gasteiger partial charge >= 0.3 is 0 Å². The average Bonchev–Trinajstić information content (AvgIpc) is 3.32. The van der Waals surface area contributed by atoms with Crippen LogP contribution in [-0.4, -0.2) is 25.0 Å². The van der Waals surface area contributed by atoms with Crippen molar-refractivity contribution < 1.29 is 5.11 Å². The summed E-state index contributed by atoms with van der Waals surface area (Å²) in [6, 6.07) is 20.4. The van der Waals surface area contributed by atoms with Gasteiger partial charge < -0.3 is 10.4 Å². The average molecular weight is 454 g/mol. The van der Waals surface area contributed by atoms with Crippen LogP contribution in [0, 0.1) is 6.92 Å². The molecule has 0 aliphatic heterocycles. The van der Waals surface area contributed by atoms with E-state index in [0.29, 0.717) is 5.69 Å². The molecule has 6 nitrogen and oxygen atoms in total. The molecule has 2 aromatic carbocycles. The van der Waals surface area contributed by atoms with Gasteiger partial charge in [0.05, 0.1) is 33.7 Å². The second kappa shape index (κ2) is 9.05. The molecule has 0 saturated heterocycles. The number of aryl methyl sites for hydroxylation is 1. The number of nitrogens with one attached hydrogen (secondary N) is 1. The van der Waals surface area contributed by atoms with Crippen molar-refractivity contribution >= 4 is 27.4 Å². The Kier molecular flexibility index (Phi) is 5.81. The summed E-state index contributed by atoms with van der Waals surface area (Å²) < 4.78 is 1.14. The molecule has 0 aliphatic carbocycles. The van der Waals surface area contributed by atoms with Gasteiger partial charge in [-0.1, -0.05) is 30.3 Å².